The molecule has 0 saturated carbocycles. The highest BCUT2D eigenvalue weighted by Crippen LogP contribution is 2.14. The summed E-state index contributed by atoms with van der Waals surface area (Å²) in [6.45, 7) is 5.68. The van der Waals surface area contributed by atoms with Gasteiger partial charge in [-0.15, -0.1) is 0 Å². The summed E-state index contributed by atoms with van der Waals surface area (Å²) in [5, 5.41) is 0. The minimum absolute atomic E-state index is 0.0798. The molecule has 25 heavy (non-hydrogen) atoms. The molecule has 0 bridgehead atoms. The Kier molecular flexibility index (Phi) is 6.34. The van der Waals surface area contributed by atoms with Gasteiger partial charge in [0.25, 0.3) is 5.91 Å². The maximum Gasteiger partial charge on any atom is 0.260 e. The number of carbonyl (C=O) groups excluding carboxylic acids is 2. The van der Waals surface area contributed by atoms with Gasteiger partial charge in [-0.3, -0.25) is 9.59 Å². The molecular weight excluding hydrogens is 314 g/mol. The summed E-state index contributed by atoms with van der Waals surface area (Å²) in [5.41, 5.74) is 2.85. The van der Waals surface area contributed by atoms with Crippen LogP contribution in [-0.4, -0.2) is 36.3 Å². The molecule has 0 N–H and O–H groups in total. The highest BCUT2D eigenvalue weighted by atomic mass is 16.5. The number of aryl methyl sites for hydroxylation is 2. The van der Waals surface area contributed by atoms with Gasteiger partial charge in [-0.2, -0.15) is 0 Å². The van der Waals surface area contributed by atoms with Crippen LogP contribution in [0, 0.1) is 6.92 Å². The molecule has 2 rings (SSSR count). The highest BCUT2D eigenvalue weighted by Gasteiger charge is 2.23. The number of benzene rings is 2. The number of amides is 1. The van der Waals surface area contributed by atoms with Crippen LogP contribution in [0.1, 0.15) is 35.3 Å². The Morgan fingerprint density at radius 1 is 1.12 bits per heavy atom. The predicted molar refractivity (Wildman–Crippen MR) is 99.1 cm³/mol. The molecule has 0 aliphatic heterocycles. The summed E-state index contributed by atoms with van der Waals surface area (Å²) in [7, 11) is 1.63. The van der Waals surface area contributed by atoms with Crippen molar-refractivity contribution in [2.45, 2.75) is 33.2 Å². The monoisotopic (exact) mass is 339 g/mol. The summed E-state index contributed by atoms with van der Waals surface area (Å²) in [5.74, 6) is 0.359. The lowest BCUT2D eigenvalue weighted by atomic mass is 10.0. The van der Waals surface area contributed by atoms with Crippen LogP contribution in [0.2, 0.25) is 0 Å². The molecule has 0 radical (unpaired) electrons. The Hall–Kier alpha value is -2.62. The van der Waals surface area contributed by atoms with Gasteiger partial charge in [0.05, 0.1) is 6.04 Å². The first kappa shape index (κ1) is 18.7. The second kappa shape index (κ2) is 8.47. The zero-order chi connectivity index (χ0) is 18.4. The van der Waals surface area contributed by atoms with E-state index in [-0.39, 0.29) is 18.3 Å². The van der Waals surface area contributed by atoms with Crippen molar-refractivity contribution in [3.63, 3.8) is 0 Å². The van der Waals surface area contributed by atoms with E-state index >= 15 is 0 Å². The van der Waals surface area contributed by atoms with Crippen molar-refractivity contribution in [3.05, 3.63) is 65.2 Å². The lowest BCUT2D eigenvalue weighted by Gasteiger charge is -2.24. The standard InChI is InChI=1S/C21H25NO3/c1-5-17-7-6-8-19(13-17)25-14-20(23)22(4)16(3)21(24)18-11-9-15(2)10-12-18/h6-13,16H,5,14H2,1-4H3. The number of hydrogen-bond acceptors (Lipinski definition) is 3. The number of hydrogen-bond donors (Lipinski definition) is 0. The van der Waals surface area contributed by atoms with Gasteiger partial charge in [0, 0.05) is 12.6 Å². The number of Topliss-reactive ketones (excluding diaryl/α,β-unsaturated/α-hetero) is 1. The van der Waals surface area contributed by atoms with E-state index in [4.69, 9.17) is 4.74 Å². The van der Waals surface area contributed by atoms with Gasteiger partial charge in [-0.1, -0.05) is 48.9 Å². The molecule has 4 heteroatoms. The van der Waals surface area contributed by atoms with Crippen molar-refractivity contribution in [2.24, 2.45) is 0 Å². The Bertz CT molecular complexity index is 737. The van der Waals surface area contributed by atoms with E-state index in [2.05, 4.69) is 6.92 Å². The second-order valence-corrected chi connectivity index (χ2v) is 6.20. The van der Waals surface area contributed by atoms with Crippen LogP contribution in [0.3, 0.4) is 0 Å². The highest BCUT2D eigenvalue weighted by molar-refractivity contribution is 6.01. The van der Waals surface area contributed by atoms with Gasteiger partial charge in [0.1, 0.15) is 5.75 Å². The Balaban J connectivity index is 1.96. The van der Waals surface area contributed by atoms with Crippen LogP contribution in [0.4, 0.5) is 0 Å². The van der Waals surface area contributed by atoms with Crippen LogP contribution in [-0.2, 0) is 11.2 Å². The molecule has 132 valence electrons. The fourth-order valence-electron chi connectivity index (χ4n) is 2.45. The maximum atomic E-state index is 12.5. The molecule has 0 fully saturated rings. The van der Waals surface area contributed by atoms with Crippen LogP contribution < -0.4 is 4.74 Å². The van der Waals surface area contributed by atoms with E-state index in [0.29, 0.717) is 11.3 Å². The summed E-state index contributed by atoms with van der Waals surface area (Å²) in [4.78, 5) is 26.3. The van der Waals surface area contributed by atoms with Gasteiger partial charge in [-0.25, -0.2) is 0 Å². The normalized spacial score (nSPS) is 11.7. The molecule has 0 aliphatic carbocycles. The van der Waals surface area contributed by atoms with Crippen molar-refractivity contribution in [3.8, 4) is 5.75 Å². The zero-order valence-corrected chi connectivity index (χ0v) is 15.3. The SMILES string of the molecule is CCc1cccc(OCC(=O)N(C)C(C)C(=O)c2ccc(C)cc2)c1. The molecule has 2 aromatic rings. The first-order chi connectivity index (χ1) is 11.9. The Labute approximate surface area is 149 Å². The molecule has 2 aromatic carbocycles. The number of rotatable bonds is 7. The Morgan fingerprint density at radius 2 is 1.80 bits per heavy atom. The topological polar surface area (TPSA) is 46.6 Å². The maximum absolute atomic E-state index is 12.5. The summed E-state index contributed by atoms with van der Waals surface area (Å²) < 4.78 is 5.58. The zero-order valence-electron chi connectivity index (χ0n) is 15.3. The van der Waals surface area contributed by atoms with E-state index in [1.54, 1.807) is 26.1 Å². The smallest absolute Gasteiger partial charge is 0.260 e. The third kappa shape index (κ3) is 4.92. The van der Waals surface area contributed by atoms with E-state index in [9.17, 15) is 9.59 Å². The molecule has 1 unspecified atom stereocenters. The lowest BCUT2D eigenvalue weighted by Crippen LogP contribution is -2.42. The van der Waals surface area contributed by atoms with Gasteiger partial charge in [-0.05, 0) is 38.0 Å². The second-order valence-electron chi connectivity index (χ2n) is 6.20. The molecule has 0 heterocycles. The van der Waals surface area contributed by atoms with Crippen molar-refractivity contribution in [1.82, 2.24) is 4.90 Å². The van der Waals surface area contributed by atoms with Gasteiger partial charge >= 0.3 is 0 Å². The molecule has 1 atom stereocenters. The number of ketones is 1. The van der Waals surface area contributed by atoms with Crippen LogP contribution in [0.25, 0.3) is 0 Å². The number of likely N-dealkylation sites (N-methyl/N-ethyl adjacent to an activating group) is 1. The molecule has 0 spiro atoms. The van der Waals surface area contributed by atoms with Gasteiger partial charge < -0.3 is 9.64 Å². The first-order valence-electron chi connectivity index (χ1n) is 8.50. The molecule has 0 aliphatic rings. The fourth-order valence-corrected chi connectivity index (χ4v) is 2.45. The largest absolute Gasteiger partial charge is 0.484 e. The number of ether oxygens (including phenoxy) is 1. The average Bonchev–Trinajstić information content (AvgIpc) is 2.65. The van der Waals surface area contributed by atoms with E-state index in [1.807, 2.05) is 43.3 Å². The van der Waals surface area contributed by atoms with Crippen molar-refractivity contribution >= 4 is 11.7 Å². The summed E-state index contributed by atoms with van der Waals surface area (Å²) >= 11 is 0. The molecule has 4 nitrogen and oxygen atoms in total. The van der Waals surface area contributed by atoms with Gasteiger partial charge in [0.2, 0.25) is 0 Å². The molecule has 0 saturated heterocycles. The third-order valence-electron chi connectivity index (χ3n) is 4.36. The molecule has 0 aromatic heterocycles. The van der Waals surface area contributed by atoms with E-state index in [1.165, 1.54) is 4.90 Å². The quantitative estimate of drug-likeness (QED) is 0.723. The Morgan fingerprint density at radius 3 is 2.44 bits per heavy atom. The molecule has 1 amide bonds. The van der Waals surface area contributed by atoms with Crippen molar-refractivity contribution in [2.75, 3.05) is 13.7 Å². The van der Waals surface area contributed by atoms with Gasteiger partial charge in [0.15, 0.2) is 12.4 Å². The average molecular weight is 339 g/mol. The van der Waals surface area contributed by atoms with Crippen molar-refractivity contribution in [1.29, 1.82) is 0 Å². The summed E-state index contributed by atoms with van der Waals surface area (Å²) in [6, 6.07) is 14.5. The van der Waals surface area contributed by atoms with Crippen molar-refractivity contribution < 1.29 is 14.3 Å². The van der Waals surface area contributed by atoms with Crippen LogP contribution in [0.15, 0.2) is 48.5 Å². The third-order valence-corrected chi connectivity index (χ3v) is 4.36. The lowest BCUT2D eigenvalue weighted by molar-refractivity contribution is -0.133. The first-order valence-corrected chi connectivity index (χ1v) is 8.50. The fraction of sp³-hybridized carbons (Fsp3) is 0.333. The number of carbonyl (C=O) groups is 2. The number of nitrogens with zero attached hydrogens (tertiary/aromatic N) is 1. The predicted octanol–water partition coefficient (Wildman–Crippen LogP) is 3.67. The van der Waals surface area contributed by atoms with Crippen LogP contribution in [0.5, 0.6) is 5.75 Å². The minimum atomic E-state index is -0.541. The molecular formula is C21H25NO3. The minimum Gasteiger partial charge on any atom is -0.484 e. The van der Waals surface area contributed by atoms with E-state index < -0.39 is 6.04 Å². The van der Waals surface area contributed by atoms with E-state index in [0.717, 1.165) is 17.5 Å². The van der Waals surface area contributed by atoms with Crippen LogP contribution >= 0.6 is 0 Å². The summed E-state index contributed by atoms with van der Waals surface area (Å²) in [6.07, 6.45) is 0.910.